The fourth-order valence-electron chi connectivity index (χ4n) is 2.68. The Labute approximate surface area is 117 Å². The molecule has 3 nitrogen and oxygen atoms in total. The van der Waals surface area contributed by atoms with Gasteiger partial charge in [-0.05, 0) is 38.1 Å². The zero-order chi connectivity index (χ0) is 12.1. The average Bonchev–Trinajstić information content (AvgIpc) is 3.14. The lowest BCUT2D eigenvalue weighted by atomic mass is 10.1. The summed E-state index contributed by atoms with van der Waals surface area (Å²) in [6.07, 6.45) is 10.4. The number of nitrogens with zero attached hydrogens (tertiary/aromatic N) is 1. The minimum atomic E-state index is 0. The maximum atomic E-state index is 12.0. The Morgan fingerprint density at radius 3 is 2.28 bits per heavy atom. The van der Waals surface area contributed by atoms with Crippen LogP contribution in [0.15, 0.2) is 0 Å². The topological polar surface area (TPSA) is 32.3 Å². The number of hydrogen-bond donors (Lipinski definition) is 1. The number of hydrogen-bond acceptors (Lipinski definition) is 2. The van der Waals surface area contributed by atoms with Crippen LogP contribution in [0.3, 0.4) is 0 Å². The van der Waals surface area contributed by atoms with E-state index < -0.39 is 0 Å². The van der Waals surface area contributed by atoms with Crippen LogP contribution in [0.2, 0.25) is 0 Å². The average molecular weight is 275 g/mol. The zero-order valence-electron chi connectivity index (χ0n) is 11.5. The number of rotatable bonds is 5. The molecular weight excluding hydrogens is 248 g/mol. The Bertz CT molecular complexity index is 248. The van der Waals surface area contributed by atoms with Gasteiger partial charge in [0.25, 0.3) is 0 Å². The molecule has 2 aliphatic carbocycles. The van der Waals surface area contributed by atoms with Crippen molar-refractivity contribution < 1.29 is 4.79 Å². The number of nitrogens with one attached hydrogen (secondary N) is 1. The molecule has 0 bridgehead atoms. The number of carbonyl (C=O) groups excluding carboxylic acids is 1. The first-order valence-corrected chi connectivity index (χ1v) is 7.24. The Balaban J connectivity index is 0.00000162. The van der Waals surface area contributed by atoms with Crippen molar-refractivity contribution in [2.24, 2.45) is 5.92 Å². The van der Waals surface area contributed by atoms with Gasteiger partial charge in [-0.1, -0.05) is 25.7 Å². The molecule has 1 N–H and O–H groups in total. The smallest absolute Gasteiger partial charge is 0.236 e. The summed E-state index contributed by atoms with van der Waals surface area (Å²) in [7, 11) is 1.98. The van der Waals surface area contributed by atoms with Crippen LogP contribution in [-0.2, 0) is 4.79 Å². The van der Waals surface area contributed by atoms with Crippen molar-refractivity contribution in [2.75, 3.05) is 20.1 Å². The van der Waals surface area contributed by atoms with Crippen LogP contribution < -0.4 is 5.32 Å². The van der Waals surface area contributed by atoms with Crippen molar-refractivity contribution in [3.05, 3.63) is 0 Å². The Morgan fingerprint density at radius 1 is 1.11 bits per heavy atom. The fourth-order valence-corrected chi connectivity index (χ4v) is 2.68. The highest BCUT2D eigenvalue weighted by Crippen LogP contribution is 2.27. The van der Waals surface area contributed by atoms with Gasteiger partial charge >= 0.3 is 0 Å². The third kappa shape index (κ3) is 5.15. The zero-order valence-corrected chi connectivity index (χ0v) is 12.3. The highest BCUT2D eigenvalue weighted by molar-refractivity contribution is 5.85. The molecule has 106 valence electrons. The molecule has 0 saturated heterocycles. The molecule has 2 fully saturated rings. The number of carbonyl (C=O) groups is 1. The van der Waals surface area contributed by atoms with Crippen molar-refractivity contribution >= 4 is 18.3 Å². The monoisotopic (exact) mass is 274 g/mol. The molecule has 0 aromatic heterocycles. The van der Waals surface area contributed by atoms with Crippen LogP contribution in [0.25, 0.3) is 0 Å². The van der Waals surface area contributed by atoms with E-state index in [4.69, 9.17) is 0 Å². The van der Waals surface area contributed by atoms with E-state index in [9.17, 15) is 4.79 Å². The summed E-state index contributed by atoms with van der Waals surface area (Å²) in [4.78, 5) is 14.0. The minimum absolute atomic E-state index is 0. The van der Waals surface area contributed by atoms with E-state index >= 15 is 0 Å². The second kappa shape index (κ2) is 8.00. The van der Waals surface area contributed by atoms with Crippen LogP contribution in [0.4, 0.5) is 0 Å². The molecule has 2 saturated carbocycles. The van der Waals surface area contributed by atoms with Crippen molar-refractivity contribution in [3.63, 3.8) is 0 Å². The first kappa shape index (κ1) is 15.8. The summed E-state index contributed by atoms with van der Waals surface area (Å²) in [5.74, 6) is 1.13. The number of halogens is 1. The van der Waals surface area contributed by atoms with Crippen LogP contribution in [-0.4, -0.2) is 37.0 Å². The molecule has 0 unspecified atom stereocenters. The molecule has 0 atom stereocenters. The van der Waals surface area contributed by atoms with Gasteiger partial charge in [0, 0.05) is 13.1 Å². The largest absolute Gasteiger partial charge is 0.342 e. The molecule has 4 heteroatoms. The van der Waals surface area contributed by atoms with Gasteiger partial charge < -0.3 is 10.2 Å². The standard InChI is InChI=1S/C14H26N2O.ClH/c1-16(13-6-4-2-3-5-7-13)14(17)11-15-10-12-8-9-12;/h12-13,15H,2-11H2,1H3;1H. The molecule has 0 aromatic carbocycles. The summed E-state index contributed by atoms with van der Waals surface area (Å²) in [6.45, 7) is 1.56. The van der Waals surface area contributed by atoms with Crippen molar-refractivity contribution in [2.45, 2.75) is 57.4 Å². The van der Waals surface area contributed by atoms with Gasteiger partial charge in [-0.25, -0.2) is 0 Å². The van der Waals surface area contributed by atoms with Gasteiger partial charge in [-0.15, -0.1) is 12.4 Å². The first-order chi connectivity index (χ1) is 8.27. The normalized spacial score (nSPS) is 20.9. The molecule has 0 aliphatic heterocycles. The van der Waals surface area contributed by atoms with Crippen molar-refractivity contribution in [1.82, 2.24) is 10.2 Å². The molecule has 18 heavy (non-hydrogen) atoms. The van der Waals surface area contributed by atoms with E-state index in [1.54, 1.807) is 0 Å². The van der Waals surface area contributed by atoms with Crippen LogP contribution >= 0.6 is 12.4 Å². The van der Waals surface area contributed by atoms with E-state index in [1.807, 2.05) is 11.9 Å². The van der Waals surface area contributed by atoms with Gasteiger partial charge in [0.1, 0.15) is 0 Å². The van der Waals surface area contributed by atoms with E-state index in [2.05, 4.69) is 5.32 Å². The quantitative estimate of drug-likeness (QED) is 0.782. The molecular formula is C14H27ClN2O. The predicted molar refractivity (Wildman–Crippen MR) is 77.1 cm³/mol. The second-order valence-corrected chi connectivity index (χ2v) is 5.72. The summed E-state index contributed by atoms with van der Waals surface area (Å²) in [5.41, 5.74) is 0. The molecule has 2 aliphatic rings. The molecule has 0 aromatic rings. The fraction of sp³-hybridized carbons (Fsp3) is 0.929. The SMILES string of the molecule is CN(C(=O)CNCC1CC1)C1CCCCCC1.Cl. The lowest BCUT2D eigenvalue weighted by molar-refractivity contribution is -0.131. The van der Waals surface area contributed by atoms with Crippen molar-refractivity contribution in [3.8, 4) is 0 Å². The van der Waals surface area contributed by atoms with Gasteiger partial charge in [0.05, 0.1) is 6.54 Å². The lowest BCUT2D eigenvalue weighted by Crippen LogP contribution is -2.42. The van der Waals surface area contributed by atoms with E-state index in [0.29, 0.717) is 12.6 Å². The summed E-state index contributed by atoms with van der Waals surface area (Å²) in [5, 5.41) is 3.29. The highest BCUT2D eigenvalue weighted by atomic mass is 35.5. The molecule has 0 radical (unpaired) electrons. The third-order valence-electron chi connectivity index (χ3n) is 4.17. The minimum Gasteiger partial charge on any atom is -0.342 e. The highest BCUT2D eigenvalue weighted by Gasteiger charge is 2.23. The second-order valence-electron chi connectivity index (χ2n) is 5.72. The summed E-state index contributed by atoms with van der Waals surface area (Å²) >= 11 is 0. The summed E-state index contributed by atoms with van der Waals surface area (Å²) in [6, 6.07) is 0.493. The van der Waals surface area contributed by atoms with Crippen LogP contribution in [0.5, 0.6) is 0 Å². The molecule has 2 rings (SSSR count). The number of likely N-dealkylation sites (N-methyl/N-ethyl adjacent to an activating group) is 1. The van der Waals surface area contributed by atoms with Crippen molar-refractivity contribution in [1.29, 1.82) is 0 Å². The first-order valence-electron chi connectivity index (χ1n) is 7.24. The van der Waals surface area contributed by atoms with E-state index in [0.717, 1.165) is 12.5 Å². The maximum Gasteiger partial charge on any atom is 0.236 e. The van der Waals surface area contributed by atoms with Gasteiger partial charge in [0.15, 0.2) is 0 Å². The van der Waals surface area contributed by atoms with Gasteiger partial charge in [0.2, 0.25) is 5.91 Å². The van der Waals surface area contributed by atoms with E-state index in [1.165, 1.54) is 51.4 Å². The lowest BCUT2D eigenvalue weighted by Gasteiger charge is -2.27. The Kier molecular flexibility index (Phi) is 7.02. The summed E-state index contributed by atoms with van der Waals surface area (Å²) < 4.78 is 0. The van der Waals surface area contributed by atoms with Gasteiger partial charge in [-0.3, -0.25) is 4.79 Å². The Morgan fingerprint density at radius 2 is 1.72 bits per heavy atom. The Hall–Kier alpha value is -0.280. The van der Waals surface area contributed by atoms with Crippen LogP contribution in [0, 0.1) is 5.92 Å². The van der Waals surface area contributed by atoms with Crippen LogP contribution in [0.1, 0.15) is 51.4 Å². The van der Waals surface area contributed by atoms with Gasteiger partial charge in [-0.2, -0.15) is 0 Å². The predicted octanol–water partition coefficient (Wildman–Crippen LogP) is 2.59. The van der Waals surface area contributed by atoms with E-state index in [-0.39, 0.29) is 18.3 Å². The third-order valence-corrected chi connectivity index (χ3v) is 4.17. The molecule has 0 spiro atoms. The maximum absolute atomic E-state index is 12.0. The molecule has 0 heterocycles. The number of amides is 1. The molecule has 1 amide bonds.